The maximum absolute atomic E-state index is 12.1. The van der Waals surface area contributed by atoms with Gasteiger partial charge in [-0.05, 0) is 12.8 Å². The van der Waals surface area contributed by atoms with E-state index in [0.717, 1.165) is 11.6 Å². The molecule has 2 fully saturated rings. The van der Waals surface area contributed by atoms with Crippen molar-refractivity contribution in [1.29, 1.82) is 0 Å². The van der Waals surface area contributed by atoms with Gasteiger partial charge in [-0.3, -0.25) is 10.1 Å². The Morgan fingerprint density at radius 3 is 2.67 bits per heavy atom. The van der Waals surface area contributed by atoms with Gasteiger partial charge in [-0.15, -0.1) is 11.8 Å². The molecule has 1 amide bonds. The van der Waals surface area contributed by atoms with Gasteiger partial charge in [0, 0.05) is 24.7 Å². The fraction of sp³-hybridized carbons (Fsp3) is 0.909. The molecule has 1 saturated carbocycles. The average Bonchev–Trinajstić information content (AvgIpc) is 2.82. The molecule has 1 heterocycles. The van der Waals surface area contributed by atoms with Crippen LogP contribution in [0, 0.1) is 0 Å². The van der Waals surface area contributed by atoms with Crippen molar-refractivity contribution in [1.82, 2.24) is 10.2 Å². The highest BCUT2D eigenvalue weighted by Crippen LogP contribution is 2.23. The molecule has 0 aromatic carbocycles. The highest BCUT2D eigenvalue weighted by atomic mass is 32.2. The molecule has 0 aromatic heterocycles. The lowest BCUT2D eigenvalue weighted by Crippen LogP contribution is -2.47. The molecule has 0 aromatic rings. The molecule has 1 N–H and O–H groups in total. The first-order valence-electron chi connectivity index (χ1n) is 5.87. The zero-order chi connectivity index (χ0) is 10.7. The molecule has 0 bridgehead atoms. The summed E-state index contributed by atoms with van der Waals surface area (Å²) in [6, 6.07) is 0.570. The minimum absolute atomic E-state index is 0.0712. The van der Waals surface area contributed by atoms with E-state index in [1.165, 1.54) is 32.1 Å². The summed E-state index contributed by atoms with van der Waals surface area (Å²) in [5, 5.41) is 3.25. The average molecular weight is 228 g/mol. The second-order valence-electron chi connectivity index (χ2n) is 4.51. The Bertz CT molecular complexity index is 223. The van der Waals surface area contributed by atoms with Gasteiger partial charge < -0.3 is 4.90 Å². The molecular weight excluding hydrogens is 208 g/mol. The summed E-state index contributed by atoms with van der Waals surface area (Å²) >= 11 is 1.82. The standard InChI is InChI=1S/C11H20N2OS/c1-13(9-5-3-2-4-6-9)11(14)10-7-15-8-12-10/h9-10,12H,2-8H2,1H3/t10-/m1/s1. The highest BCUT2D eigenvalue weighted by Gasteiger charge is 2.29. The lowest BCUT2D eigenvalue weighted by atomic mass is 9.94. The van der Waals surface area contributed by atoms with Crippen molar-refractivity contribution >= 4 is 17.7 Å². The number of likely N-dealkylation sites (N-methyl/N-ethyl adjacent to an activating group) is 1. The van der Waals surface area contributed by atoms with E-state index in [2.05, 4.69) is 5.32 Å². The lowest BCUT2D eigenvalue weighted by molar-refractivity contribution is -0.134. The van der Waals surface area contributed by atoms with Crippen LogP contribution in [0.25, 0.3) is 0 Å². The Morgan fingerprint density at radius 2 is 2.07 bits per heavy atom. The van der Waals surface area contributed by atoms with Gasteiger partial charge in [-0.2, -0.15) is 0 Å². The molecule has 2 aliphatic rings. The van der Waals surface area contributed by atoms with E-state index in [9.17, 15) is 4.79 Å². The highest BCUT2D eigenvalue weighted by molar-refractivity contribution is 7.99. The van der Waals surface area contributed by atoms with E-state index in [1.807, 2.05) is 23.7 Å². The first kappa shape index (κ1) is 11.3. The van der Waals surface area contributed by atoms with Crippen LogP contribution in [0.4, 0.5) is 0 Å². The quantitative estimate of drug-likeness (QED) is 0.776. The monoisotopic (exact) mass is 228 g/mol. The fourth-order valence-corrected chi connectivity index (χ4v) is 3.38. The maximum Gasteiger partial charge on any atom is 0.240 e. The van der Waals surface area contributed by atoms with Gasteiger partial charge >= 0.3 is 0 Å². The smallest absolute Gasteiger partial charge is 0.240 e. The predicted molar refractivity (Wildman–Crippen MR) is 63.9 cm³/mol. The molecule has 0 radical (unpaired) electrons. The van der Waals surface area contributed by atoms with Crippen molar-refractivity contribution in [2.24, 2.45) is 0 Å². The number of carbonyl (C=O) groups excluding carboxylic acids is 1. The lowest BCUT2D eigenvalue weighted by Gasteiger charge is -2.32. The van der Waals surface area contributed by atoms with E-state index in [-0.39, 0.29) is 6.04 Å². The number of carbonyl (C=O) groups is 1. The summed E-state index contributed by atoms with van der Waals surface area (Å²) < 4.78 is 0. The van der Waals surface area contributed by atoms with Crippen molar-refractivity contribution in [2.45, 2.75) is 44.2 Å². The number of amides is 1. The third-order valence-corrected chi connectivity index (χ3v) is 4.42. The summed E-state index contributed by atoms with van der Waals surface area (Å²) in [7, 11) is 1.98. The maximum atomic E-state index is 12.1. The zero-order valence-corrected chi connectivity index (χ0v) is 10.2. The molecular formula is C11H20N2OS. The van der Waals surface area contributed by atoms with E-state index in [0.29, 0.717) is 11.9 Å². The number of nitrogens with zero attached hydrogens (tertiary/aromatic N) is 1. The SMILES string of the molecule is CN(C(=O)[C@H]1CSCN1)C1CCCCC1. The van der Waals surface area contributed by atoms with Gasteiger partial charge in [0.2, 0.25) is 5.91 Å². The summed E-state index contributed by atoms with van der Waals surface area (Å²) in [5.74, 6) is 2.16. The Balaban J connectivity index is 1.87. The summed E-state index contributed by atoms with van der Waals surface area (Å²) in [6.07, 6.45) is 6.31. The van der Waals surface area contributed by atoms with Crippen LogP contribution in [0.1, 0.15) is 32.1 Å². The van der Waals surface area contributed by atoms with Gasteiger partial charge in [-0.1, -0.05) is 19.3 Å². The molecule has 15 heavy (non-hydrogen) atoms. The Morgan fingerprint density at radius 1 is 1.33 bits per heavy atom. The molecule has 0 unspecified atom stereocenters. The molecule has 1 aliphatic heterocycles. The number of thioether (sulfide) groups is 1. The Hall–Kier alpha value is -0.220. The largest absolute Gasteiger partial charge is 0.341 e. The van der Waals surface area contributed by atoms with Crippen LogP contribution >= 0.6 is 11.8 Å². The van der Waals surface area contributed by atoms with Crippen LogP contribution in [0.2, 0.25) is 0 Å². The topological polar surface area (TPSA) is 32.3 Å². The summed E-state index contributed by atoms with van der Waals surface area (Å²) in [5.41, 5.74) is 0. The normalized spacial score (nSPS) is 27.9. The van der Waals surface area contributed by atoms with Gasteiger partial charge in [0.1, 0.15) is 0 Å². The Kier molecular flexibility index (Phi) is 3.92. The first-order chi connectivity index (χ1) is 7.29. The minimum atomic E-state index is 0.0712. The predicted octanol–water partition coefficient (Wildman–Crippen LogP) is 1.44. The zero-order valence-electron chi connectivity index (χ0n) is 9.37. The van der Waals surface area contributed by atoms with Gasteiger partial charge in [0.15, 0.2) is 0 Å². The molecule has 4 heteroatoms. The minimum Gasteiger partial charge on any atom is -0.341 e. The van der Waals surface area contributed by atoms with Crippen LogP contribution in [0.5, 0.6) is 0 Å². The van der Waals surface area contributed by atoms with Crippen molar-refractivity contribution < 1.29 is 4.79 Å². The van der Waals surface area contributed by atoms with Crippen LogP contribution in [0.15, 0.2) is 0 Å². The van der Waals surface area contributed by atoms with Crippen molar-refractivity contribution in [3.63, 3.8) is 0 Å². The molecule has 1 saturated heterocycles. The number of rotatable bonds is 2. The summed E-state index contributed by atoms with van der Waals surface area (Å²) in [4.78, 5) is 14.1. The van der Waals surface area contributed by atoms with E-state index >= 15 is 0 Å². The Labute approximate surface area is 96.0 Å². The van der Waals surface area contributed by atoms with Crippen LogP contribution < -0.4 is 5.32 Å². The molecule has 86 valence electrons. The van der Waals surface area contributed by atoms with Crippen molar-refractivity contribution in [3.05, 3.63) is 0 Å². The molecule has 0 spiro atoms. The summed E-state index contributed by atoms with van der Waals surface area (Å²) in [6.45, 7) is 0. The molecule has 2 rings (SSSR count). The van der Waals surface area contributed by atoms with Crippen molar-refractivity contribution in [2.75, 3.05) is 18.7 Å². The molecule has 3 nitrogen and oxygen atoms in total. The first-order valence-corrected chi connectivity index (χ1v) is 7.02. The third kappa shape index (κ3) is 2.67. The second kappa shape index (κ2) is 5.21. The fourth-order valence-electron chi connectivity index (χ4n) is 2.45. The third-order valence-electron chi connectivity index (χ3n) is 3.48. The van der Waals surface area contributed by atoms with E-state index < -0.39 is 0 Å². The van der Waals surface area contributed by atoms with Gasteiger partial charge in [-0.25, -0.2) is 0 Å². The second-order valence-corrected chi connectivity index (χ2v) is 5.54. The van der Waals surface area contributed by atoms with E-state index in [4.69, 9.17) is 0 Å². The van der Waals surface area contributed by atoms with Crippen LogP contribution in [0.3, 0.4) is 0 Å². The van der Waals surface area contributed by atoms with Gasteiger partial charge in [0.05, 0.1) is 6.04 Å². The van der Waals surface area contributed by atoms with Crippen LogP contribution in [-0.4, -0.2) is 41.6 Å². The van der Waals surface area contributed by atoms with Crippen LogP contribution in [-0.2, 0) is 4.79 Å². The molecule has 1 atom stereocenters. The van der Waals surface area contributed by atoms with E-state index in [1.54, 1.807) is 0 Å². The number of hydrogen-bond donors (Lipinski definition) is 1. The molecule has 1 aliphatic carbocycles. The number of hydrogen-bond acceptors (Lipinski definition) is 3. The van der Waals surface area contributed by atoms with Gasteiger partial charge in [0.25, 0.3) is 0 Å². The number of nitrogens with one attached hydrogen (secondary N) is 1. The van der Waals surface area contributed by atoms with Crippen molar-refractivity contribution in [3.8, 4) is 0 Å².